The van der Waals surface area contributed by atoms with Gasteiger partial charge in [0.2, 0.25) is 0 Å². The van der Waals surface area contributed by atoms with Crippen LogP contribution in [0, 0.1) is 5.82 Å². The van der Waals surface area contributed by atoms with Crippen molar-refractivity contribution in [2.24, 2.45) is 0 Å². The van der Waals surface area contributed by atoms with Crippen molar-refractivity contribution >= 4 is 21.7 Å². The van der Waals surface area contributed by atoms with Crippen LogP contribution in [0.15, 0.2) is 22.7 Å². The first-order valence-electron chi connectivity index (χ1n) is 5.16. The number of ether oxygens (including phenoxy) is 1. The summed E-state index contributed by atoms with van der Waals surface area (Å²) in [4.78, 5) is 11.4. The molecule has 0 amide bonds. The lowest BCUT2D eigenvalue weighted by Gasteiger charge is -2.03. The number of halogens is 2. The Hall–Kier alpha value is -0.740. The average molecular weight is 289 g/mol. The van der Waals surface area contributed by atoms with Crippen molar-refractivity contribution in [2.75, 3.05) is 13.2 Å². The summed E-state index contributed by atoms with van der Waals surface area (Å²) in [6.45, 7) is 2.66. The number of benzene rings is 1. The molecule has 4 heteroatoms. The number of rotatable bonds is 6. The lowest BCUT2D eigenvalue weighted by molar-refractivity contribution is -0.122. The summed E-state index contributed by atoms with van der Waals surface area (Å²) in [7, 11) is 0. The molecule has 0 aromatic heterocycles. The van der Waals surface area contributed by atoms with Gasteiger partial charge in [-0.15, -0.1) is 0 Å². The summed E-state index contributed by atoms with van der Waals surface area (Å²) in [5, 5.41) is 0. The Bertz CT molecular complexity index is 346. The van der Waals surface area contributed by atoms with E-state index in [0.29, 0.717) is 16.6 Å². The third-order valence-corrected chi connectivity index (χ3v) is 2.39. The van der Waals surface area contributed by atoms with Gasteiger partial charge in [-0.1, -0.05) is 22.9 Å². The van der Waals surface area contributed by atoms with Crippen LogP contribution in [-0.4, -0.2) is 19.0 Å². The fourth-order valence-electron chi connectivity index (χ4n) is 1.32. The first-order valence-corrected chi connectivity index (χ1v) is 5.95. The fourth-order valence-corrected chi connectivity index (χ4v) is 1.83. The van der Waals surface area contributed by atoms with Crippen LogP contribution < -0.4 is 0 Å². The number of hydrogen-bond donors (Lipinski definition) is 0. The minimum Gasteiger partial charge on any atom is -0.374 e. The molecule has 1 aromatic rings. The second kappa shape index (κ2) is 6.76. The summed E-state index contributed by atoms with van der Waals surface area (Å²) in [6.07, 6.45) is 1.10. The van der Waals surface area contributed by atoms with E-state index in [9.17, 15) is 9.18 Å². The second-order valence-electron chi connectivity index (χ2n) is 3.55. The van der Waals surface area contributed by atoms with Gasteiger partial charge in [0, 0.05) is 17.5 Å². The molecule has 2 nitrogen and oxygen atoms in total. The zero-order valence-electron chi connectivity index (χ0n) is 9.13. The van der Waals surface area contributed by atoms with Crippen LogP contribution >= 0.6 is 15.9 Å². The number of carbonyl (C=O) groups is 1. The fraction of sp³-hybridized carbons (Fsp3) is 0.417. The standard InChI is InChI=1S/C12H14BrFO2/c1-2-3-16-8-12(15)6-9-4-10(13)7-11(14)5-9/h4-5,7H,2-3,6,8H2,1H3. The Kier molecular flexibility index (Phi) is 5.63. The van der Waals surface area contributed by atoms with E-state index in [1.807, 2.05) is 6.92 Å². The molecule has 1 rings (SSSR count). The van der Waals surface area contributed by atoms with Crippen LogP contribution in [0.4, 0.5) is 4.39 Å². The molecule has 0 aliphatic heterocycles. The van der Waals surface area contributed by atoms with E-state index in [2.05, 4.69) is 15.9 Å². The van der Waals surface area contributed by atoms with Crippen molar-refractivity contribution in [1.29, 1.82) is 0 Å². The maximum absolute atomic E-state index is 13.0. The highest BCUT2D eigenvalue weighted by molar-refractivity contribution is 9.10. The van der Waals surface area contributed by atoms with E-state index in [-0.39, 0.29) is 24.6 Å². The Morgan fingerprint density at radius 2 is 2.19 bits per heavy atom. The molecule has 0 saturated heterocycles. The molecule has 16 heavy (non-hydrogen) atoms. The highest BCUT2D eigenvalue weighted by Gasteiger charge is 2.06. The highest BCUT2D eigenvalue weighted by atomic mass is 79.9. The molecule has 0 bridgehead atoms. The molecule has 0 aliphatic carbocycles. The lowest BCUT2D eigenvalue weighted by atomic mass is 10.1. The first kappa shape index (κ1) is 13.3. The summed E-state index contributed by atoms with van der Waals surface area (Å²) in [6, 6.07) is 4.46. The molecule has 0 saturated carbocycles. The monoisotopic (exact) mass is 288 g/mol. The third kappa shape index (κ3) is 4.86. The van der Waals surface area contributed by atoms with Crippen LogP contribution in [0.1, 0.15) is 18.9 Å². The van der Waals surface area contributed by atoms with E-state index in [1.165, 1.54) is 12.1 Å². The van der Waals surface area contributed by atoms with Crippen LogP contribution in [0.3, 0.4) is 0 Å². The molecule has 0 aliphatic rings. The van der Waals surface area contributed by atoms with Gasteiger partial charge < -0.3 is 4.74 Å². The van der Waals surface area contributed by atoms with E-state index in [1.54, 1.807) is 6.07 Å². The van der Waals surface area contributed by atoms with Crippen molar-refractivity contribution in [1.82, 2.24) is 0 Å². The van der Waals surface area contributed by atoms with Gasteiger partial charge in [0.15, 0.2) is 5.78 Å². The van der Waals surface area contributed by atoms with Crippen molar-refractivity contribution in [3.05, 3.63) is 34.1 Å². The van der Waals surface area contributed by atoms with Crippen LogP contribution in [0.2, 0.25) is 0 Å². The topological polar surface area (TPSA) is 26.3 Å². The van der Waals surface area contributed by atoms with E-state index >= 15 is 0 Å². The average Bonchev–Trinajstić information content (AvgIpc) is 2.16. The van der Waals surface area contributed by atoms with Gasteiger partial charge in [0.1, 0.15) is 12.4 Å². The molecular weight excluding hydrogens is 275 g/mol. The van der Waals surface area contributed by atoms with E-state index < -0.39 is 0 Å². The number of hydrogen-bond acceptors (Lipinski definition) is 2. The SMILES string of the molecule is CCCOCC(=O)Cc1cc(F)cc(Br)c1. The minimum atomic E-state index is -0.341. The minimum absolute atomic E-state index is 0.0362. The van der Waals surface area contributed by atoms with Gasteiger partial charge in [-0.25, -0.2) is 4.39 Å². The van der Waals surface area contributed by atoms with E-state index in [0.717, 1.165) is 6.42 Å². The Labute approximate surface area is 103 Å². The van der Waals surface area contributed by atoms with Crippen molar-refractivity contribution in [3.8, 4) is 0 Å². The molecule has 0 atom stereocenters. The molecular formula is C12H14BrFO2. The quantitative estimate of drug-likeness (QED) is 0.752. The maximum atomic E-state index is 13.0. The lowest BCUT2D eigenvalue weighted by Crippen LogP contribution is -2.12. The number of Topliss-reactive ketones (excluding diaryl/α,β-unsaturated/α-hetero) is 1. The van der Waals surface area contributed by atoms with Gasteiger partial charge in [-0.05, 0) is 30.2 Å². The zero-order valence-corrected chi connectivity index (χ0v) is 10.7. The molecule has 0 fully saturated rings. The highest BCUT2D eigenvalue weighted by Crippen LogP contribution is 2.15. The largest absolute Gasteiger partial charge is 0.374 e. The van der Waals surface area contributed by atoms with Gasteiger partial charge in [-0.2, -0.15) is 0 Å². The molecule has 0 spiro atoms. The first-order chi connectivity index (χ1) is 7.61. The van der Waals surface area contributed by atoms with Crippen molar-refractivity contribution in [2.45, 2.75) is 19.8 Å². The maximum Gasteiger partial charge on any atom is 0.162 e. The molecule has 1 aromatic carbocycles. The zero-order chi connectivity index (χ0) is 12.0. The van der Waals surface area contributed by atoms with Gasteiger partial charge in [0.05, 0.1) is 0 Å². The third-order valence-electron chi connectivity index (χ3n) is 1.94. The van der Waals surface area contributed by atoms with Crippen molar-refractivity contribution in [3.63, 3.8) is 0 Å². The summed E-state index contributed by atoms with van der Waals surface area (Å²) >= 11 is 3.18. The Morgan fingerprint density at radius 1 is 1.44 bits per heavy atom. The molecule has 0 radical (unpaired) electrons. The molecule has 0 unspecified atom stereocenters. The molecule has 0 N–H and O–H groups in total. The van der Waals surface area contributed by atoms with Gasteiger partial charge >= 0.3 is 0 Å². The second-order valence-corrected chi connectivity index (χ2v) is 4.46. The summed E-state index contributed by atoms with van der Waals surface area (Å²) in [5.74, 6) is -0.377. The Balaban J connectivity index is 2.49. The van der Waals surface area contributed by atoms with Crippen LogP contribution in [0.5, 0.6) is 0 Å². The van der Waals surface area contributed by atoms with Crippen LogP contribution in [0.25, 0.3) is 0 Å². The smallest absolute Gasteiger partial charge is 0.162 e. The molecule has 88 valence electrons. The summed E-state index contributed by atoms with van der Waals surface area (Å²) in [5.41, 5.74) is 0.664. The normalized spacial score (nSPS) is 10.4. The summed E-state index contributed by atoms with van der Waals surface area (Å²) < 4.78 is 18.8. The van der Waals surface area contributed by atoms with Gasteiger partial charge in [0.25, 0.3) is 0 Å². The van der Waals surface area contributed by atoms with E-state index in [4.69, 9.17) is 4.74 Å². The van der Waals surface area contributed by atoms with Crippen LogP contribution in [-0.2, 0) is 16.0 Å². The van der Waals surface area contributed by atoms with Gasteiger partial charge in [-0.3, -0.25) is 4.79 Å². The Morgan fingerprint density at radius 3 is 2.81 bits per heavy atom. The van der Waals surface area contributed by atoms with Crippen molar-refractivity contribution < 1.29 is 13.9 Å². The number of ketones is 1. The predicted octanol–water partition coefficient (Wildman–Crippen LogP) is 3.13. The number of carbonyl (C=O) groups excluding carboxylic acids is 1. The predicted molar refractivity (Wildman–Crippen MR) is 63.9 cm³/mol. The molecule has 0 heterocycles.